The number of hydrogen-bond acceptors (Lipinski definition) is 3. The maximum absolute atomic E-state index is 14.4. The molecule has 2 fully saturated rings. The minimum Gasteiger partial charge on any atom is -0.383 e. The zero-order valence-corrected chi connectivity index (χ0v) is 13.7. The van der Waals surface area contributed by atoms with Gasteiger partial charge in [0.1, 0.15) is 11.3 Å². The predicted molar refractivity (Wildman–Crippen MR) is 78.0 cm³/mol. The minimum atomic E-state index is -6.60. The second-order valence-electron chi connectivity index (χ2n) is 6.73. The molecule has 2 saturated heterocycles. The fourth-order valence-electron chi connectivity index (χ4n) is 3.75. The first-order valence-corrected chi connectivity index (χ1v) is 7.94. The maximum Gasteiger partial charge on any atom is 0.459 e. The quantitative estimate of drug-likeness (QED) is 0.768. The van der Waals surface area contributed by atoms with E-state index >= 15 is 0 Å². The number of carbonyl (C=O) groups is 1. The number of fused-ring (bicyclic) bond motifs is 1. The summed E-state index contributed by atoms with van der Waals surface area (Å²) < 4.78 is 93.6. The van der Waals surface area contributed by atoms with E-state index in [1.807, 2.05) is 0 Å². The van der Waals surface area contributed by atoms with Gasteiger partial charge in [-0.2, -0.15) is 30.7 Å². The van der Waals surface area contributed by atoms with E-state index in [2.05, 4.69) is 5.32 Å². The van der Waals surface area contributed by atoms with Gasteiger partial charge in [-0.05, 0) is 5.56 Å². The largest absolute Gasteiger partial charge is 0.459 e. The van der Waals surface area contributed by atoms with Crippen LogP contribution in [0.1, 0.15) is 18.4 Å². The SMILES string of the molecule is O=C1C[C@@](O)(C(F)(F)C(F)(F)C(F)(F)F)C[C@]2(c3ccccc3)NCCN12. The molecule has 27 heavy (non-hydrogen) atoms. The molecule has 1 aromatic carbocycles. The van der Waals surface area contributed by atoms with Crippen LogP contribution >= 0.6 is 0 Å². The second-order valence-corrected chi connectivity index (χ2v) is 6.73. The number of hydrogen-bond donors (Lipinski definition) is 2. The first kappa shape index (κ1) is 19.9. The molecule has 1 amide bonds. The third-order valence-corrected chi connectivity index (χ3v) is 5.09. The summed E-state index contributed by atoms with van der Waals surface area (Å²) in [6.07, 6.45) is -9.38. The van der Waals surface area contributed by atoms with Crippen LogP contribution < -0.4 is 5.32 Å². The summed E-state index contributed by atoms with van der Waals surface area (Å²) >= 11 is 0. The van der Waals surface area contributed by atoms with Crippen LogP contribution in [0.25, 0.3) is 0 Å². The number of alkyl halides is 7. The first-order chi connectivity index (χ1) is 12.3. The monoisotopic (exact) mass is 400 g/mol. The lowest BCUT2D eigenvalue weighted by Crippen LogP contribution is -2.71. The number of aliphatic hydroxyl groups is 1. The Morgan fingerprint density at radius 1 is 1.04 bits per heavy atom. The van der Waals surface area contributed by atoms with E-state index in [4.69, 9.17) is 0 Å². The van der Waals surface area contributed by atoms with Gasteiger partial charge in [0, 0.05) is 19.5 Å². The average Bonchev–Trinajstić information content (AvgIpc) is 2.99. The van der Waals surface area contributed by atoms with Gasteiger partial charge in [0.05, 0.1) is 6.42 Å². The Labute approximate surface area is 148 Å². The lowest BCUT2D eigenvalue weighted by Gasteiger charge is -2.51. The zero-order valence-electron chi connectivity index (χ0n) is 13.7. The number of benzene rings is 1. The average molecular weight is 400 g/mol. The van der Waals surface area contributed by atoms with Gasteiger partial charge < -0.3 is 10.0 Å². The molecule has 0 bridgehead atoms. The first-order valence-electron chi connectivity index (χ1n) is 7.94. The molecule has 150 valence electrons. The molecule has 2 atom stereocenters. The fraction of sp³-hybridized carbons (Fsp3) is 0.562. The predicted octanol–water partition coefficient (Wildman–Crippen LogP) is 2.63. The third-order valence-electron chi connectivity index (χ3n) is 5.09. The maximum atomic E-state index is 14.4. The summed E-state index contributed by atoms with van der Waals surface area (Å²) in [6.45, 7) is 0.128. The Hall–Kier alpha value is -1.88. The van der Waals surface area contributed by atoms with Gasteiger partial charge in [-0.1, -0.05) is 30.3 Å². The Bertz CT molecular complexity index is 740. The van der Waals surface area contributed by atoms with Gasteiger partial charge in [0.25, 0.3) is 0 Å². The highest BCUT2D eigenvalue weighted by molar-refractivity contribution is 5.80. The van der Waals surface area contributed by atoms with Gasteiger partial charge in [-0.15, -0.1) is 0 Å². The Kier molecular flexibility index (Phi) is 4.27. The minimum absolute atomic E-state index is 0.0328. The number of rotatable bonds is 3. The van der Waals surface area contributed by atoms with Crippen molar-refractivity contribution in [3.63, 3.8) is 0 Å². The number of nitrogens with zero attached hydrogens (tertiary/aromatic N) is 1. The summed E-state index contributed by atoms with van der Waals surface area (Å²) in [6, 6.07) is 7.36. The summed E-state index contributed by atoms with van der Waals surface area (Å²) in [5.41, 5.74) is -5.52. The van der Waals surface area contributed by atoms with Gasteiger partial charge in [-0.25, -0.2) is 0 Å². The van der Waals surface area contributed by atoms with Crippen molar-refractivity contribution in [1.29, 1.82) is 0 Å². The molecule has 4 nitrogen and oxygen atoms in total. The van der Waals surface area contributed by atoms with Crippen LogP contribution in [0.15, 0.2) is 30.3 Å². The van der Waals surface area contributed by atoms with E-state index in [1.54, 1.807) is 6.07 Å². The molecule has 0 aliphatic carbocycles. The molecule has 0 aromatic heterocycles. The van der Waals surface area contributed by atoms with Gasteiger partial charge in [-0.3, -0.25) is 10.1 Å². The summed E-state index contributed by atoms with van der Waals surface area (Å²) in [7, 11) is 0. The number of halogens is 7. The molecule has 1 aromatic rings. The van der Waals surface area contributed by atoms with E-state index in [0.717, 1.165) is 4.90 Å². The second kappa shape index (κ2) is 5.81. The van der Waals surface area contributed by atoms with Crippen LogP contribution in [0.5, 0.6) is 0 Å². The van der Waals surface area contributed by atoms with Crippen molar-refractivity contribution in [2.24, 2.45) is 0 Å². The van der Waals surface area contributed by atoms with Crippen LogP contribution in [-0.4, -0.2) is 52.6 Å². The highest BCUT2D eigenvalue weighted by atomic mass is 19.4. The molecule has 0 radical (unpaired) electrons. The number of amides is 1. The molecule has 2 aliphatic rings. The zero-order chi connectivity index (χ0) is 20.3. The van der Waals surface area contributed by atoms with Crippen LogP contribution in [0.3, 0.4) is 0 Å². The molecular formula is C16H15F7N2O2. The third kappa shape index (κ3) is 2.62. The molecule has 11 heteroatoms. The van der Waals surface area contributed by atoms with Gasteiger partial charge >= 0.3 is 18.0 Å². The Balaban J connectivity index is 2.11. The van der Waals surface area contributed by atoms with Crippen LogP contribution in [0.2, 0.25) is 0 Å². The number of carbonyl (C=O) groups excluding carboxylic acids is 1. The molecular weight excluding hydrogens is 385 g/mol. The smallest absolute Gasteiger partial charge is 0.383 e. The lowest BCUT2D eigenvalue weighted by atomic mass is 9.74. The molecule has 2 aliphatic heterocycles. The van der Waals surface area contributed by atoms with Crippen molar-refractivity contribution < 1.29 is 40.6 Å². The topological polar surface area (TPSA) is 52.6 Å². The Morgan fingerprint density at radius 2 is 1.63 bits per heavy atom. The fourth-order valence-corrected chi connectivity index (χ4v) is 3.75. The number of nitrogens with one attached hydrogen (secondary N) is 1. The standard InChI is InChI=1S/C16H15F7N2O2/c17-14(18,15(19,20)16(21,22)23)12(27)8-11(26)25-7-6-24-13(25,9-12)10-4-2-1-3-5-10/h1-5,24,27H,6-9H2/t12-,13-/m0/s1. The van der Waals surface area contributed by atoms with Crippen molar-refractivity contribution >= 4 is 5.91 Å². The molecule has 0 spiro atoms. The Morgan fingerprint density at radius 3 is 2.19 bits per heavy atom. The molecule has 0 unspecified atom stereocenters. The molecule has 0 saturated carbocycles. The summed E-state index contributed by atoms with van der Waals surface area (Å²) in [4.78, 5) is 13.4. The van der Waals surface area contributed by atoms with E-state index in [-0.39, 0.29) is 18.7 Å². The highest BCUT2D eigenvalue weighted by Crippen LogP contribution is 2.57. The van der Waals surface area contributed by atoms with Crippen molar-refractivity contribution in [3.05, 3.63) is 35.9 Å². The van der Waals surface area contributed by atoms with E-state index in [9.17, 15) is 40.6 Å². The highest BCUT2D eigenvalue weighted by Gasteiger charge is 2.81. The lowest BCUT2D eigenvalue weighted by molar-refractivity contribution is -0.392. The summed E-state index contributed by atoms with van der Waals surface area (Å²) in [5, 5.41) is 13.0. The van der Waals surface area contributed by atoms with Crippen molar-refractivity contribution in [2.45, 2.75) is 42.1 Å². The van der Waals surface area contributed by atoms with E-state index < -0.39 is 48.0 Å². The van der Waals surface area contributed by atoms with E-state index in [0.29, 0.717) is 0 Å². The van der Waals surface area contributed by atoms with Crippen LogP contribution in [0, 0.1) is 0 Å². The normalized spacial score (nSPS) is 29.8. The van der Waals surface area contributed by atoms with Crippen molar-refractivity contribution in [2.75, 3.05) is 13.1 Å². The van der Waals surface area contributed by atoms with E-state index in [1.165, 1.54) is 24.3 Å². The molecule has 3 rings (SSSR count). The van der Waals surface area contributed by atoms with Gasteiger partial charge in [0.2, 0.25) is 5.91 Å². The summed E-state index contributed by atoms with van der Waals surface area (Å²) in [5.74, 6) is -13.6. The van der Waals surface area contributed by atoms with Crippen molar-refractivity contribution in [1.82, 2.24) is 10.2 Å². The van der Waals surface area contributed by atoms with Crippen LogP contribution in [-0.2, 0) is 10.5 Å². The van der Waals surface area contributed by atoms with Crippen molar-refractivity contribution in [3.8, 4) is 0 Å². The van der Waals surface area contributed by atoms with Gasteiger partial charge in [0.15, 0.2) is 0 Å². The molecule has 2 heterocycles. The van der Waals surface area contributed by atoms with Crippen LogP contribution in [0.4, 0.5) is 30.7 Å². The number of piperidine rings is 1. The molecule has 2 N–H and O–H groups in total.